The van der Waals surface area contributed by atoms with Crippen molar-refractivity contribution in [2.75, 3.05) is 38.2 Å². The van der Waals surface area contributed by atoms with Crippen molar-refractivity contribution in [2.24, 2.45) is 12.8 Å². The van der Waals surface area contributed by atoms with Gasteiger partial charge in [0.05, 0.1) is 52.8 Å². The van der Waals surface area contributed by atoms with Crippen LogP contribution < -0.4 is 21.1 Å². The topological polar surface area (TPSA) is 155 Å². The Labute approximate surface area is 370 Å². The molecule has 2 heterocycles. The molecule has 0 fully saturated rings. The molecule has 2 aromatic heterocycles. The van der Waals surface area contributed by atoms with E-state index in [2.05, 4.69) is 29.4 Å². The van der Waals surface area contributed by atoms with E-state index in [-0.39, 0.29) is 30.9 Å². The number of aryl methyl sites for hydroxylation is 2. The van der Waals surface area contributed by atoms with E-state index in [4.69, 9.17) is 48.2 Å². The van der Waals surface area contributed by atoms with Crippen molar-refractivity contribution in [1.82, 2.24) is 19.7 Å². The molecule has 1 aliphatic rings. The van der Waals surface area contributed by atoms with E-state index in [1.807, 2.05) is 89.9 Å². The van der Waals surface area contributed by atoms with Crippen molar-refractivity contribution >= 4 is 63.8 Å². The van der Waals surface area contributed by atoms with Crippen LogP contribution in [0.4, 0.5) is 5.69 Å². The van der Waals surface area contributed by atoms with Crippen molar-refractivity contribution in [3.8, 4) is 16.9 Å². The zero-order valence-electron chi connectivity index (χ0n) is 37.0. The maximum atomic E-state index is 12.7. The summed E-state index contributed by atoms with van der Waals surface area (Å²) < 4.78 is 22.0. The number of nitrogens with zero attached hydrogens (tertiary/aromatic N) is 3. The van der Waals surface area contributed by atoms with Gasteiger partial charge >= 0.3 is 5.97 Å². The predicted octanol–water partition coefficient (Wildman–Crippen LogP) is 10.0. The summed E-state index contributed by atoms with van der Waals surface area (Å²) in [6, 6.07) is 7.54. The molecule has 4 aromatic rings. The number of rotatable bonds is 21. The van der Waals surface area contributed by atoms with Gasteiger partial charge in [-0.05, 0) is 96.2 Å². The number of hydrogen-bond acceptors (Lipinski definition) is 8. The lowest BCUT2D eigenvalue weighted by Gasteiger charge is -2.23. The van der Waals surface area contributed by atoms with Gasteiger partial charge in [0.2, 0.25) is 6.41 Å². The van der Waals surface area contributed by atoms with E-state index in [0.717, 1.165) is 55.5 Å². The number of carbonyl (C=O) groups excluding carboxylic acids is 1. The molecule has 0 saturated heterocycles. The van der Waals surface area contributed by atoms with Crippen molar-refractivity contribution < 1.29 is 28.9 Å². The molecule has 1 unspecified atom stereocenters. The molecule has 5 N–H and O–H groups in total. The third kappa shape index (κ3) is 12.3. The van der Waals surface area contributed by atoms with Crippen LogP contribution in [0.25, 0.3) is 33.7 Å². The molecule has 0 aliphatic heterocycles. The minimum atomic E-state index is -1.08. The Morgan fingerprint density at radius 2 is 1.82 bits per heavy atom. The summed E-state index contributed by atoms with van der Waals surface area (Å²) in [6.07, 6.45) is 8.25. The Hall–Kier alpha value is -5.01. The summed E-state index contributed by atoms with van der Waals surface area (Å²) in [5, 5.41) is 23.3. The van der Waals surface area contributed by atoms with Gasteiger partial charge in [0.25, 0.3) is 0 Å². The van der Waals surface area contributed by atoms with Gasteiger partial charge in [0.1, 0.15) is 12.4 Å². The van der Waals surface area contributed by atoms with Crippen LogP contribution in [0.15, 0.2) is 65.0 Å². The van der Waals surface area contributed by atoms with Gasteiger partial charge in [-0.1, -0.05) is 61.3 Å². The number of benzene rings is 2. The van der Waals surface area contributed by atoms with Crippen LogP contribution in [0, 0.1) is 13.8 Å². The van der Waals surface area contributed by atoms with Crippen molar-refractivity contribution in [2.45, 2.75) is 93.4 Å². The lowest BCUT2D eigenvalue weighted by molar-refractivity contribution is -0.109. The summed E-state index contributed by atoms with van der Waals surface area (Å²) in [5.74, 6) is -0.592. The molecular weight excluding hydrogens is 815 g/mol. The number of aromatic nitrogens is 3. The number of carbonyl (C=O) groups is 2. The fourth-order valence-corrected chi connectivity index (χ4v) is 7.93. The fourth-order valence-electron chi connectivity index (χ4n) is 7.54. The molecule has 0 radical (unpaired) electrons. The monoisotopic (exact) mass is 876 g/mol. The second-order valence-corrected chi connectivity index (χ2v) is 15.9. The Morgan fingerprint density at radius 1 is 1.08 bits per heavy atom. The lowest BCUT2D eigenvalue weighted by Crippen LogP contribution is -2.21. The highest BCUT2D eigenvalue weighted by Gasteiger charge is 2.24. The molecule has 0 saturated carbocycles. The minimum Gasteiger partial charge on any atom is -0.491 e. The number of anilines is 1. The Bertz CT molecular complexity index is 2300. The molecule has 1 aliphatic carbocycles. The molecule has 1 atom stereocenters. The van der Waals surface area contributed by atoms with Crippen molar-refractivity contribution in [3.05, 3.63) is 98.1 Å². The number of fused-ring (bicyclic) bond motifs is 1. The summed E-state index contributed by atoms with van der Waals surface area (Å²) >= 11 is 13.6. The molecular formula is C47H62Cl2N6O6. The molecule has 0 bridgehead atoms. The normalized spacial score (nSPS) is 14.2. The number of nitrogens with one attached hydrogen (secondary N) is 2. The summed E-state index contributed by atoms with van der Waals surface area (Å²) in [7, 11) is 1.90. The van der Waals surface area contributed by atoms with Gasteiger partial charge < -0.3 is 40.3 Å². The highest BCUT2D eigenvalue weighted by molar-refractivity contribution is 6.34. The Kier molecular flexibility index (Phi) is 18.1. The number of allylic oxidation sites excluding steroid dienone is 4. The minimum absolute atomic E-state index is 0.0279. The van der Waals surface area contributed by atoms with Crippen LogP contribution in [0.3, 0.4) is 0 Å². The lowest BCUT2D eigenvalue weighted by atomic mass is 9.91. The van der Waals surface area contributed by atoms with Gasteiger partial charge in [0.15, 0.2) is 0 Å². The Balaban J connectivity index is 0.00000403. The van der Waals surface area contributed by atoms with Crippen LogP contribution in [-0.2, 0) is 27.9 Å². The van der Waals surface area contributed by atoms with Gasteiger partial charge in [-0.15, -0.1) is 0 Å². The number of halogens is 2. The van der Waals surface area contributed by atoms with Gasteiger partial charge in [-0.3, -0.25) is 9.48 Å². The molecule has 330 valence electrons. The highest BCUT2D eigenvalue weighted by Crippen LogP contribution is 2.44. The summed E-state index contributed by atoms with van der Waals surface area (Å²) in [5.41, 5.74) is 16.1. The zero-order valence-corrected chi connectivity index (χ0v) is 38.5. The van der Waals surface area contributed by atoms with E-state index in [0.29, 0.717) is 84.9 Å². The average Bonchev–Trinajstić information content (AvgIpc) is 3.69. The van der Waals surface area contributed by atoms with E-state index >= 15 is 0 Å². The number of aromatic carboxylic acids is 1. The van der Waals surface area contributed by atoms with Gasteiger partial charge in [-0.2, -0.15) is 5.10 Å². The third-order valence-corrected chi connectivity index (χ3v) is 11.1. The first kappa shape index (κ1) is 48.7. The first-order valence-corrected chi connectivity index (χ1v) is 21.5. The number of amides is 1. The van der Waals surface area contributed by atoms with E-state index in [1.165, 1.54) is 0 Å². The largest absolute Gasteiger partial charge is 0.491 e. The molecule has 2 aromatic carbocycles. The number of hydrogen-bond donors (Lipinski definition) is 4. The molecule has 14 heteroatoms. The van der Waals surface area contributed by atoms with E-state index in [1.54, 1.807) is 12.3 Å². The second-order valence-electron chi connectivity index (χ2n) is 15.2. The number of nitrogens with two attached hydrogens (primary N) is 1. The first-order chi connectivity index (χ1) is 29.1. The predicted molar refractivity (Wildman–Crippen MR) is 250 cm³/mol. The number of ether oxygens (including phenoxy) is 3. The Morgan fingerprint density at radius 3 is 2.44 bits per heavy atom. The maximum Gasteiger partial charge on any atom is 0.337 e. The van der Waals surface area contributed by atoms with Crippen LogP contribution in [0.5, 0.6) is 5.75 Å². The van der Waals surface area contributed by atoms with Crippen molar-refractivity contribution in [3.63, 3.8) is 0 Å². The maximum absolute atomic E-state index is 12.7. The van der Waals surface area contributed by atoms with Crippen LogP contribution >= 0.6 is 23.2 Å². The summed E-state index contributed by atoms with van der Waals surface area (Å²) in [4.78, 5) is 24.0. The summed E-state index contributed by atoms with van der Waals surface area (Å²) in [6.45, 7) is 21.9. The van der Waals surface area contributed by atoms with Crippen LogP contribution in [0.2, 0.25) is 5.02 Å². The standard InChI is InChI=1S/C45H56Cl2N6O6.C2H6/c1-26(2)57-16-17-59-35-21-33(44-37(22-35)38(45(55)56)24-53(44)23-29(5)48)20-32(10-9-15-58-34-18-27(3)42(47)28(4)19-34)36-11-12-39(46)41(43(36)50-14-13-49-25-54)40-30(6)51-52(8)31(40)7;1-2/h11-12,18,20-22,24-26,34,50H,5,9-10,13-17,19,23,48H2,1-4,6-8H3,(H,49,54)(H,55,56);1-2H3/b32-20+;. The first-order valence-electron chi connectivity index (χ1n) is 20.8. The number of carboxylic acids is 1. The molecule has 5 rings (SSSR count). The molecule has 1 amide bonds. The van der Waals surface area contributed by atoms with E-state index in [9.17, 15) is 14.7 Å². The molecule has 61 heavy (non-hydrogen) atoms. The second kappa shape index (κ2) is 22.7. The highest BCUT2D eigenvalue weighted by atomic mass is 35.5. The smallest absolute Gasteiger partial charge is 0.337 e. The van der Waals surface area contributed by atoms with E-state index < -0.39 is 5.97 Å². The fraction of sp³-hybridized carbons (Fsp3) is 0.426. The zero-order chi connectivity index (χ0) is 45.0. The molecule has 0 spiro atoms. The van der Waals surface area contributed by atoms with Gasteiger partial charge in [0, 0.05) is 77.0 Å². The van der Waals surface area contributed by atoms with Gasteiger partial charge in [-0.25, -0.2) is 4.79 Å². The SMILES string of the molecule is C=C(N)Cn1cc(C(=O)O)c2cc(OCCOC(C)C)cc(/C=C(\CCCOC3C=C(C)C(Cl)=C(C)C3)c3ccc(Cl)c(-c4c(C)nn(C)c4C)c3NCCNC=O)c21.CC. The number of carboxylic acid groups (broad SMARTS) is 1. The molecule has 12 nitrogen and oxygen atoms in total. The third-order valence-electron chi connectivity index (χ3n) is 10.2. The van der Waals surface area contributed by atoms with Crippen LogP contribution in [-0.4, -0.2) is 77.0 Å². The van der Waals surface area contributed by atoms with Crippen LogP contribution in [0.1, 0.15) is 93.7 Å². The quantitative estimate of drug-likeness (QED) is 0.0364. The average molecular weight is 878 g/mol. The van der Waals surface area contributed by atoms with Crippen molar-refractivity contribution in [1.29, 1.82) is 0 Å².